The summed E-state index contributed by atoms with van der Waals surface area (Å²) in [5.41, 5.74) is 8.57. The number of hydrogen-bond donors (Lipinski definition) is 1. The van der Waals surface area contributed by atoms with Crippen molar-refractivity contribution in [2.75, 3.05) is 5.73 Å². The van der Waals surface area contributed by atoms with Crippen LogP contribution in [0.4, 0.5) is 5.69 Å². The van der Waals surface area contributed by atoms with Gasteiger partial charge in [-0.05, 0) is 25.0 Å². The lowest BCUT2D eigenvalue weighted by Crippen LogP contribution is -1.91. The highest BCUT2D eigenvalue weighted by Crippen LogP contribution is 2.21. The number of nitrogens with two attached hydrogens (primary N) is 1. The summed E-state index contributed by atoms with van der Waals surface area (Å²) >= 11 is 0. The molecule has 1 aromatic heterocycles. The quantitative estimate of drug-likeness (QED) is 0.821. The Bertz CT molecular complexity index is 505. The fraction of sp³-hybridized carbons (Fsp3) is 0.385. The van der Waals surface area contributed by atoms with Crippen molar-refractivity contribution in [3.63, 3.8) is 0 Å². The minimum Gasteiger partial charge on any atom is -0.398 e. The fourth-order valence-corrected chi connectivity index (χ4v) is 1.58. The average Bonchev–Trinajstić information content (AvgIpc) is 2.79. The first kappa shape index (κ1) is 11.6. The number of nitrogens with zero attached hydrogens (tertiary/aromatic N) is 2. The molecule has 0 bridgehead atoms. The van der Waals surface area contributed by atoms with E-state index in [0.717, 1.165) is 36.1 Å². The monoisotopic (exact) mass is 231 g/mol. The summed E-state index contributed by atoms with van der Waals surface area (Å²) < 4.78 is 5.19. The molecule has 0 atom stereocenters. The van der Waals surface area contributed by atoms with E-state index in [2.05, 4.69) is 17.1 Å². The predicted molar refractivity (Wildman–Crippen MR) is 67.5 cm³/mol. The Morgan fingerprint density at radius 1 is 1.35 bits per heavy atom. The van der Waals surface area contributed by atoms with E-state index < -0.39 is 0 Å². The standard InChI is InChI=1S/C13H17N3O/c1-3-4-5-12-15-13(16-17-12)10-7-6-9(2)11(14)8-10/h6-8H,3-5,14H2,1-2H3. The third-order valence-electron chi connectivity index (χ3n) is 2.75. The zero-order valence-corrected chi connectivity index (χ0v) is 10.2. The average molecular weight is 231 g/mol. The first-order chi connectivity index (χ1) is 8.20. The maximum absolute atomic E-state index is 5.86. The van der Waals surface area contributed by atoms with Gasteiger partial charge in [-0.25, -0.2) is 0 Å². The van der Waals surface area contributed by atoms with Crippen molar-refractivity contribution < 1.29 is 4.52 Å². The third kappa shape index (κ3) is 2.64. The summed E-state index contributed by atoms with van der Waals surface area (Å²) in [6, 6.07) is 5.80. The Morgan fingerprint density at radius 2 is 2.18 bits per heavy atom. The van der Waals surface area contributed by atoms with E-state index in [9.17, 15) is 0 Å². The Labute approximate surface area is 101 Å². The van der Waals surface area contributed by atoms with E-state index >= 15 is 0 Å². The van der Waals surface area contributed by atoms with Gasteiger partial charge in [0.2, 0.25) is 11.7 Å². The number of hydrogen-bond acceptors (Lipinski definition) is 4. The molecule has 0 radical (unpaired) electrons. The highest BCUT2D eigenvalue weighted by molar-refractivity contribution is 5.63. The van der Waals surface area contributed by atoms with E-state index in [4.69, 9.17) is 10.3 Å². The van der Waals surface area contributed by atoms with Gasteiger partial charge in [0.05, 0.1) is 0 Å². The number of aryl methyl sites for hydroxylation is 2. The minimum absolute atomic E-state index is 0.614. The molecule has 1 heterocycles. The molecule has 0 saturated heterocycles. The second-order valence-corrected chi connectivity index (χ2v) is 4.19. The van der Waals surface area contributed by atoms with Crippen LogP contribution in [0, 0.1) is 6.92 Å². The molecular weight excluding hydrogens is 214 g/mol. The van der Waals surface area contributed by atoms with Gasteiger partial charge in [-0.2, -0.15) is 4.98 Å². The molecule has 0 unspecified atom stereocenters. The van der Waals surface area contributed by atoms with Crippen molar-refractivity contribution in [1.29, 1.82) is 0 Å². The molecular formula is C13H17N3O. The lowest BCUT2D eigenvalue weighted by atomic mass is 10.1. The zero-order valence-electron chi connectivity index (χ0n) is 10.2. The van der Waals surface area contributed by atoms with Crippen LogP contribution in [0.25, 0.3) is 11.4 Å². The van der Waals surface area contributed by atoms with Crippen LogP contribution in [-0.4, -0.2) is 10.1 Å². The number of benzene rings is 1. The molecule has 2 aromatic rings. The Kier molecular flexibility index (Phi) is 3.42. The van der Waals surface area contributed by atoms with Crippen LogP contribution in [0.15, 0.2) is 22.7 Å². The molecule has 0 aliphatic heterocycles. The highest BCUT2D eigenvalue weighted by atomic mass is 16.5. The van der Waals surface area contributed by atoms with Crippen molar-refractivity contribution >= 4 is 5.69 Å². The summed E-state index contributed by atoms with van der Waals surface area (Å²) in [4.78, 5) is 4.36. The normalized spacial score (nSPS) is 10.7. The van der Waals surface area contributed by atoms with E-state index in [1.54, 1.807) is 0 Å². The predicted octanol–water partition coefficient (Wildman–Crippen LogP) is 2.97. The fourth-order valence-electron chi connectivity index (χ4n) is 1.58. The van der Waals surface area contributed by atoms with Crippen molar-refractivity contribution in [3.05, 3.63) is 29.7 Å². The minimum atomic E-state index is 0.614. The second kappa shape index (κ2) is 4.99. The third-order valence-corrected chi connectivity index (χ3v) is 2.75. The largest absolute Gasteiger partial charge is 0.398 e. The first-order valence-corrected chi connectivity index (χ1v) is 5.89. The molecule has 90 valence electrons. The number of nitrogen functional groups attached to an aromatic ring is 1. The number of aromatic nitrogens is 2. The zero-order chi connectivity index (χ0) is 12.3. The molecule has 4 heteroatoms. The lowest BCUT2D eigenvalue weighted by molar-refractivity contribution is 0.375. The van der Waals surface area contributed by atoms with Crippen LogP contribution in [0.3, 0.4) is 0 Å². The van der Waals surface area contributed by atoms with E-state index in [-0.39, 0.29) is 0 Å². The maximum atomic E-state index is 5.86. The summed E-state index contributed by atoms with van der Waals surface area (Å²) in [5, 5.41) is 3.97. The van der Waals surface area contributed by atoms with Gasteiger partial charge < -0.3 is 10.3 Å². The maximum Gasteiger partial charge on any atom is 0.226 e. The smallest absolute Gasteiger partial charge is 0.226 e. The summed E-state index contributed by atoms with van der Waals surface area (Å²) in [6.45, 7) is 4.11. The van der Waals surface area contributed by atoms with Gasteiger partial charge in [0.25, 0.3) is 0 Å². The number of rotatable bonds is 4. The first-order valence-electron chi connectivity index (χ1n) is 5.89. The van der Waals surface area contributed by atoms with Crippen molar-refractivity contribution in [2.45, 2.75) is 33.1 Å². The topological polar surface area (TPSA) is 64.9 Å². The number of unbranched alkanes of at least 4 members (excludes halogenated alkanes) is 1. The van der Waals surface area contributed by atoms with Crippen LogP contribution in [0.5, 0.6) is 0 Å². The Hall–Kier alpha value is -1.84. The molecule has 0 amide bonds. The Morgan fingerprint density at radius 3 is 2.88 bits per heavy atom. The van der Waals surface area contributed by atoms with Gasteiger partial charge in [0.15, 0.2) is 0 Å². The summed E-state index contributed by atoms with van der Waals surface area (Å²) in [6.07, 6.45) is 3.03. The number of anilines is 1. The molecule has 4 nitrogen and oxygen atoms in total. The van der Waals surface area contributed by atoms with Crippen molar-refractivity contribution in [2.24, 2.45) is 0 Å². The molecule has 2 N–H and O–H groups in total. The van der Waals surface area contributed by atoms with E-state index in [1.807, 2.05) is 25.1 Å². The summed E-state index contributed by atoms with van der Waals surface area (Å²) in [5.74, 6) is 1.31. The van der Waals surface area contributed by atoms with Gasteiger partial charge in [-0.15, -0.1) is 0 Å². The molecule has 1 aromatic carbocycles. The van der Waals surface area contributed by atoms with Crippen LogP contribution >= 0.6 is 0 Å². The van der Waals surface area contributed by atoms with Crippen LogP contribution in [0.1, 0.15) is 31.2 Å². The molecule has 17 heavy (non-hydrogen) atoms. The summed E-state index contributed by atoms with van der Waals surface area (Å²) in [7, 11) is 0. The van der Waals surface area contributed by atoms with Gasteiger partial charge >= 0.3 is 0 Å². The van der Waals surface area contributed by atoms with E-state index in [1.165, 1.54) is 0 Å². The molecule has 0 spiro atoms. The molecule has 0 saturated carbocycles. The Balaban J connectivity index is 2.21. The van der Waals surface area contributed by atoms with Crippen molar-refractivity contribution in [3.8, 4) is 11.4 Å². The van der Waals surface area contributed by atoms with Gasteiger partial charge in [0.1, 0.15) is 0 Å². The van der Waals surface area contributed by atoms with Crippen LogP contribution in [0.2, 0.25) is 0 Å². The highest BCUT2D eigenvalue weighted by Gasteiger charge is 2.08. The van der Waals surface area contributed by atoms with Gasteiger partial charge in [-0.1, -0.05) is 30.6 Å². The SMILES string of the molecule is CCCCc1nc(-c2ccc(C)c(N)c2)no1. The lowest BCUT2D eigenvalue weighted by Gasteiger charge is -2.00. The molecule has 0 aliphatic rings. The van der Waals surface area contributed by atoms with E-state index in [0.29, 0.717) is 11.7 Å². The molecule has 0 aliphatic carbocycles. The second-order valence-electron chi connectivity index (χ2n) is 4.19. The molecule has 0 fully saturated rings. The van der Waals surface area contributed by atoms with Gasteiger partial charge in [0, 0.05) is 17.7 Å². The van der Waals surface area contributed by atoms with Gasteiger partial charge in [-0.3, -0.25) is 0 Å². The van der Waals surface area contributed by atoms with Crippen LogP contribution < -0.4 is 5.73 Å². The van der Waals surface area contributed by atoms with Crippen molar-refractivity contribution in [1.82, 2.24) is 10.1 Å². The molecule has 2 rings (SSSR count). The van der Waals surface area contributed by atoms with Crippen LogP contribution in [-0.2, 0) is 6.42 Å².